The van der Waals surface area contributed by atoms with Crippen LogP contribution in [0.5, 0.6) is 0 Å². The molecule has 0 bridgehead atoms. The summed E-state index contributed by atoms with van der Waals surface area (Å²) in [4.78, 5) is 5.12. The van der Waals surface area contributed by atoms with E-state index in [1.807, 2.05) is 0 Å². The summed E-state index contributed by atoms with van der Waals surface area (Å²) < 4.78 is 0. The molecule has 19 heavy (non-hydrogen) atoms. The first-order valence-corrected chi connectivity index (χ1v) is 7.80. The highest BCUT2D eigenvalue weighted by Gasteiger charge is 2.31. The quantitative estimate of drug-likeness (QED) is 0.842. The molecule has 0 saturated carbocycles. The van der Waals surface area contributed by atoms with Crippen molar-refractivity contribution in [3.05, 3.63) is 21.9 Å². The average Bonchev–Trinajstić information content (AvgIpc) is 2.95. The predicted molar refractivity (Wildman–Crippen MR) is 83.1 cm³/mol. The average molecular weight is 276 g/mol. The van der Waals surface area contributed by atoms with Crippen molar-refractivity contribution in [2.45, 2.75) is 33.7 Å². The van der Waals surface area contributed by atoms with E-state index in [-0.39, 0.29) is 0 Å². The maximum Gasteiger partial charge on any atom is 0.0772 e. The summed E-state index contributed by atoms with van der Waals surface area (Å²) in [5.41, 5.74) is 5.83. The highest BCUT2D eigenvalue weighted by atomic mass is 32.1. The molecule has 2 nitrogen and oxygen atoms in total. The molecule has 0 aliphatic carbocycles. The molecular formula is C16H24N2S. The third kappa shape index (κ3) is 4.07. The largest absolute Gasteiger partial charge is 0.320 e. The van der Waals surface area contributed by atoms with Crippen molar-refractivity contribution >= 4 is 11.3 Å². The van der Waals surface area contributed by atoms with Crippen LogP contribution in [0.2, 0.25) is 0 Å². The first kappa shape index (κ1) is 14.6. The Morgan fingerprint density at radius 2 is 2.21 bits per heavy atom. The fraction of sp³-hybridized carbons (Fsp3) is 0.625. The standard InChI is InChI=1S/C16H24N2S/c1-16(2,3)13-8-10-18(11-13)12-15-7-6-14(19-15)5-4-9-17/h6-7,13H,8-12,17H2,1-3H3. The third-order valence-corrected chi connectivity index (χ3v) is 4.84. The molecule has 1 aromatic heterocycles. The van der Waals surface area contributed by atoms with Gasteiger partial charge in [-0.05, 0) is 36.4 Å². The van der Waals surface area contributed by atoms with Crippen LogP contribution in [0.4, 0.5) is 0 Å². The van der Waals surface area contributed by atoms with E-state index in [1.165, 1.54) is 24.4 Å². The molecule has 1 aromatic rings. The minimum Gasteiger partial charge on any atom is -0.320 e. The van der Waals surface area contributed by atoms with E-state index in [9.17, 15) is 0 Å². The summed E-state index contributed by atoms with van der Waals surface area (Å²) in [7, 11) is 0. The van der Waals surface area contributed by atoms with Crippen LogP contribution in [0.25, 0.3) is 0 Å². The Kier molecular flexibility index (Phi) is 4.67. The van der Waals surface area contributed by atoms with Gasteiger partial charge in [-0.2, -0.15) is 0 Å². The van der Waals surface area contributed by atoms with Crippen molar-refractivity contribution in [1.82, 2.24) is 4.90 Å². The SMILES string of the molecule is CC(C)(C)C1CCN(Cc2ccc(C#CCN)s2)C1. The van der Waals surface area contributed by atoms with Crippen molar-refractivity contribution in [1.29, 1.82) is 0 Å². The summed E-state index contributed by atoms with van der Waals surface area (Å²) in [6.07, 6.45) is 1.33. The van der Waals surface area contributed by atoms with E-state index >= 15 is 0 Å². The van der Waals surface area contributed by atoms with Gasteiger partial charge in [0.15, 0.2) is 0 Å². The molecule has 1 aliphatic rings. The zero-order chi connectivity index (χ0) is 13.9. The van der Waals surface area contributed by atoms with Crippen molar-refractivity contribution in [2.24, 2.45) is 17.1 Å². The number of thiophene rings is 1. The van der Waals surface area contributed by atoms with Gasteiger partial charge in [-0.15, -0.1) is 11.3 Å². The van der Waals surface area contributed by atoms with Crippen LogP contribution in [0.1, 0.15) is 36.9 Å². The second-order valence-corrected chi connectivity index (χ2v) is 7.53. The second-order valence-electron chi connectivity index (χ2n) is 6.36. The van der Waals surface area contributed by atoms with Crippen molar-refractivity contribution in [3.8, 4) is 11.8 Å². The molecule has 1 atom stereocenters. The first-order chi connectivity index (χ1) is 8.99. The lowest BCUT2D eigenvalue weighted by Gasteiger charge is -2.27. The van der Waals surface area contributed by atoms with Crippen molar-refractivity contribution in [3.63, 3.8) is 0 Å². The smallest absolute Gasteiger partial charge is 0.0772 e. The van der Waals surface area contributed by atoms with Gasteiger partial charge in [0.05, 0.1) is 11.4 Å². The molecule has 0 radical (unpaired) electrons. The van der Waals surface area contributed by atoms with Gasteiger partial charge in [-0.25, -0.2) is 0 Å². The summed E-state index contributed by atoms with van der Waals surface area (Å²) in [6, 6.07) is 4.32. The zero-order valence-corrected chi connectivity index (χ0v) is 13.0. The van der Waals surface area contributed by atoms with Crippen LogP contribution < -0.4 is 5.73 Å². The number of nitrogens with two attached hydrogens (primary N) is 1. The molecule has 1 fully saturated rings. The van der Waals surface area contributed by atoms with E-state index in [0.717, 1.165) is 17.3 Å². The molecule has 1 unspecified atom stereocenters. The molecule has 1 saturated heterocycles. The maximum absolute atomic E-state index is 5.39. The molecular weight excluding hydrogens is 252 g/mol. The molecule has 0 aromatic carbocycles. The van der Waals surface area contributed by atoms with Gasteiger partial charge in [0.2, 0.25) is 0 Å². The maximum atomic E-state index is 5.39. The second kappa shape index (κ2) is 6.09. The lowest BCUT2D eigenvalue weighted by molar-refractivity contribution is 0.227. The van der Waals surface area contributed by atoms with Crippen LogP contribution in [-0.4, -0.2) is 24.5 Å². The lowest BCUT2D eigenvalue weighted by atomic mass is 9.80. The minimum atomic E-state index is 0.433. The number of hydrogen-bond donors (Lipinski definition) is 1. The van der Waals surface area contributed by atoms with Gasteiger partial charge in [0.25, 0.3) is 0 Å². The summed E-state index contributed by atoms with van der Waals surface area (Å²) in [5.74, 6) is 6.84. The van der Waals surface area contributed by atoms with Crippen molar-refractivity contribution in [2.75, 3.05) is 19.6 Å². The molecule has 2 rings (SSSR count). The van der Waals surface area contributed by atoms with Crippen LogP contribution in [0.3, 0.4) is 0 Å². The van der Waals surface area contributed by atoms with Gasteiger partial charge >= 0.3 is 0 Å². The predicted octanol–water partition coefficient (Wildman–Crippen LogP) is 2.93. The van der Waals surface area contributed by atoms with Gasteiger partial charge in [-0.3, -0.25) is 4.90 Å². The molecule has 2 N–H and O–H groups in total. The van der Waals surface area contributed by atoms with Gasteiger partial charge in [0, 0.05) is 18.0 Å². The molecule has 104 valence electrons. The topological polar surface area (TPSA) is 29.3 Å². The Labute approximate surface area is 121 Å². The van der Waals surface area contributed by atoms with E-state index in [2.05, 4.69) is 49.6 Å². The first-order valence-electron chi connectivity index (χ1n) is 6.99. The normalized spacial score (nSPS) is 20.3. The van der Waals surface area contributed by atoms with Crippen LogP contribution in [0.15, 0.2) is 12.1 Å². The minimum absolute atomic E-state index is 0.433. The lowest BCUT2D eigenvalue weighted by Crippen LogP contribution is -2.25. The monoisotopic (exact) mass is 276 g/mol. The third-order valence-electron chi connectivity index (χ3n) is 3.85. The molecule has 2 heterocycles. The summed E-state index contributed by atoms with van der Waals surface area (Å²) in [5, 5.41) is 0. The number of likely N-dealkylation sites (tertiary alicyclic amines) is 1. The van der Waals surface area contributed by atoms with Crippen LogP contribution >= 0.6 is 11.3 Å². The fourth-order valence-electron chi connectivity index (χ4n) is 2.57. The highest BCUT2D eigenvalue weighted by molar-refractivity contribution is 7.12. The zero-order valence-electron chi connectivity index (χ0n) is 12.2. The number of rotatable bonds is 2. The summed E-state index contributed by atoms with van der Waals surface area (Å²) >= 11 is 1.80. The van der Waals surface area contributed by atoms with E-state index in [1.54, 1.807) is 11.3 Å². The Bertz CT molecular complexity index is 473. The number of hydrogen-bond acceptors (Lipinski definition) is 3. The molecule has 0 spiro atoms. The van der Waals surface area contributed by atoms with E-state index in [4.69, 9.17) is 5.73 Å². The Morgan fingerprint density at radius 1 is 1.42 bits per heavy atom. The van der Waals surface area contributed by atoms with Crippen LogP contribution in [-0.2, 0) is 6.54 Å². The van der Waals surface area contributed by atoms with Gasteiger partial charge in [0.1, 0.15) is 0 Å². The summed E-state index contributed by atoms with van der Waals surface area (Å²) in [6.45, 7) is 11.0. The molecule has 1 aliphatic heterocycles. The van der Waals surface area contributed by atoms with Gasteiger partial charge in [-0.1, -0.05) is 32.6 Å². The van der Waals surface area contributed by atoms with Crippen molar-refractivity contribution < 1.29 is 0 Å². The fourth-order valence-corrected chi connectivity index (χ4v) is 3.50. The molecule has 0 amide bonds. The molecule has 3 heteroatoms. The van der Waals surface area contributed by atoms with Crippen LogP contribution in [0, 0.1) is 23.2 Å². The highest BCUT2D eigenvalue weighted by Crippen LogP contribution is 2.34. The Balaban J connectivity index is 1.91. The van der Waals surface area contributed by atoms with E-state index < -0.39 is 0 Å². The Hall–Kier alpha value is -0.820. The van der Waals surface area contributed by atoms with Gasteiger partial charge < -0.3 is 5.73 Å². The Morgan fingerprint density at radius 3 is 2.84 bits per heavy atom. The van der Waals surface area contributed by atoms with E-state index in [0.29, 0.717) is 12.0 Å². The number of nitrogens with zero attached hydrogens (tertiary/aromatic N) is 1.